The molecule has 0 unspecified atom stereocenters. The maximum absolute atomic E-state index is 14.6. The van der Waals surface area contributed by atoms with Crippen LogP contribution in [0.5, 0.6) is 0 Å². The highest BCUT2D eigenvalue weighted by molar-refractivity contribution is 7.99. The molecule has 0 saturated heterocycles. The largest absolute Gasteiger partial charge is 0.356 e. The zero-order chi connectivity index (χ0) is 23.8. The molecule has 0 radical (unpaired) electrons. The monoisotopic (exact) mass is 468 g/mol. The summed E-state index contributed by atoms with van der Waals surface area (Å²) in [5.74, 6) is 0.790. The predicted molar refractivity (Wildman–Crippen MR) is 128 cm³/mol. The van der Waals surface area contributed by atoms with Crippen LogP contribution >= 0.6 is 11.8 Å². The van der Waals surface area contributed by atoms with Gasteiger partial charge in [-0.05, 0) is 36.5 Å². The van der Waals surface area contributed by atoms with E-state index in [1.165, 1.54) is 30.3 Å². The van der Waals surface area contributed by atoms with Crippen LogP contribution in [0.4, 0.5) is 4.39 Å². The number of halogens is 1. The summed E-state index contributed by atoms with van der Waals surface area (Å²) in [7, 11) is 0. The molecule has 3 aromatic rings. The van der Waals surface area contributed by atoms with E-state index in [1.54, 1.807) is 22.8 Å². The smallest absolute Gasteiger partial charge is 0.216 e. The number of hydrogen-bond donors (Lipinski definition) is 1. The Labute approximate surface area is 198 Å². The second kappa shape index (κ2) is 11.7. The van der Waals surface area contributed by atoms with Crippen molar-refractivity contribution in [2.75, 3.05) is 12.3 Å². The number of hydrogen-bond acceptors (Lipinski definition) is 5. The Balaban J connectivity index is 1.74. The predicted octanol–water partition coefficient (Wildman–Crippen LogP) is 4.65. The highest BCUT2D eigenvalue weighted by atomic mass is 32.2. The van der Waals surface area contributed by atoms with Gasteiger partial charge in [0.15, 0.2) is 10.9 Å². The van der Waals surface area contributed by atoms with Crippen molar-refractivity contribution in [3.63, 3.8) is 0 Å². The minimum Gasteiger partial charge on any atom is -0.356 e. The molecule has 174 valence electrons. The minimum absolute atomic E-state index is 0.0219. The van der Waals surface area contributed by atoms with Crippen molar-refractivity contribution in [1.29, 1.82) is 0 Å². The van der Waals surface area contributed by atoms with Crippen LogP contribution in [0.2, 0.25) is 0 Å². The van der Waals surface area contributed by atoms with Crippen molar-refractivity contribution in [2.45, 2.75) is 45.2 Å². The summed E-state index contributed by atoms with van der Waals surface area (Å²) < 4.78 is 16.2. The van der Waals surface area contributed by atoms with Gasteiger partial charge in [-0.2, -0.15) is 0 Å². The first-order chi connectivity index (χ1) is 15.8. The lowest BCUT2D eigenvalue weighted by Crippen LogP contribution is -2.21. The first-order valence-corrected chi connectivity index (χ1v) is 12.0. The zero-order valence-electron chi connectivity index (χ0n) is 19.2. The summed E-state index contributed by atoms with van der Waals surface area (Å²) in [5, 5.41) is 11.7. The van der Waals surface area contributed by atoms with E-state index in [0.717, 1.165) is 6.42 Å². The van der Waals surface area contributed by atoms with Crippen LogP contribution in [0.1, 0.15) is 48.9 Å². The molecule has 3 rings (SSSR count). The van der Waals surface area contributed by atoms with Gasteiger partial charge < -0.3 is 5.32 Å². The van der Waals surface area contributed by atoms with Gasteiger partial charge in [0, 0.05) is 25.5 Å². The minimum atomic E-state index is -0.394. The molecule has 0 bridgehead atoms. The SMILES string of the molecule is CC(=O)NCCCc1nnc(SCC(=O)c2ccc(CC(C)C)cc2)n1-c1ccccc1F. The molecule has 0 saturated carbocycles. The fourth-order valence-electron chi connectivity index (χ4n) is 3.45. The molecule has 1 amide bonds. The molecule has 2 aromatic carbocycles. The summed E-state index contributed by atoms with van der Waals surface area (Å²) in [5.41, 5.74) is 2.19. The van der Waals surface area contributed by atoms with E-state index in [9.17, 15) is 14.0 Å². The molecule has 0 aliphatic heterocycles. The Bertz CT molecular complexity index is 1100. The van der Waals surface area contributed by atoms with Crippen molar-refractivity contribution in [2.24, 2.45) is 5.92 Å². The molecular weight excluding hydrogens is 439 g/mol. The second-order valence-corrected chi connectivity index (χ2v) is 9.22. The third kappa shape index (κ3) is 6.99. The highest BCUT2D eigenvalue weighted by Gasteiger charge is 2.18. The van der Waals surface area contributed by atoms with E-state index in [-0.39, 0.29) is 17.4 Å². The number of aryl methyl sites for hydroxylation is 1. The summed E-state index contributed by atoms with van der Waals surface area (Å²) in [4.78, 5) is 23.8. The lowest BCUT2D eigenvalue weighted by atomic mass is 10.0. The Morgan fingerprint density at radius 3 is 2.48 bits per heavy atom. The summed E-state index contributed by atoms with van der Waals surface area (Å²) >= 11 is 1.24. The average Bonchev–Trinajstić information content (AvgIpc) is 3.18. The van der Waals surface area contributed by atoms with Crippen molar-refractivity contribution in [1.82, 2.24) is 20.1 Å². The molecule has 0 spiro atoms. The number of rotatable bonds is 11. The fraction of sp³-hybridized carbons (Fsp3) is 0.360. The first kappa shape index (κ1) is 24.6. The van der Waals surface area contributed by atoms with Gasteiger partial charge >= 0.3 is 0 Å². The molecule has 1 N–H and O–H groups in total. The molecule has 6 nitrogen and oxygen atoms in total. The maximum Gasteiger partial charge on any atom is 0.216 e. The van der Waals surface area contributed by atoms with Gasteiger partial charge in [0.1, 0.15) is 11.6 Å². The molecule has 1 aromatic heterocycles. The number of amides is 1. The van der Waals surface area contributed by atoms with E-state index < -0.39 is 5.82 Å². The third-order valence-corrected chi connectivity index (χ3v) is 5.93. The molecule has 0 atom stereocenters. The molecule has 0 aliphatic carbocycles. The van der Waals surface area contributed by atoms with Crippen LogP contribution in [0.25, 0.3) is 5.69 Å². The van der Waals surface area contributed by atoms with E-state index in [1.807, 2.05) is 24.3 Å². The second-order valence-electron chi connectivity index (χ2n) is 8.28. The van der Waals surface area contributed by atoms with Crippen LogP contribution in [0, 0.1) is 11.7 Å². The zero-order valence-corrected chi connectivity index (χ0v) is 20.0. The summed E-state index contributed by atoms with van der Waals surface area (Å²) in [6.45, 7) is 6.28. The lowest BCUT2D eigenvalue weighted by Gasteiger charge is -2.11. The Morgan fingerprint density at radius 1 is 1.09 bits per heavy atom. The highest BCUT2D eigenvalue weighted by Crippen LogP contribution is 2.25. The standard InChI is InChI=1S/C25H29FN4O2S/c1-17(2)15-19-10-12-20(13-11-19)23(32)16-33-25-29-28-24(9-6-14-27-18(3)31)30(25)22-8-5-4-7-21(22)26/h4-5,7-8,10-13,17H,6,9,14-16H2,1-3H3,(H,27,31). The molecule has 0 fully saturated rings. The number of para-hydroxylation sites is 1. The number of carbonyl (C=O) groups excluding carboxylic acids is 2. The summed E-state index contributed by atoms with van der Waals surface area (Å²) in [6.07, 6.45) is 2.12. The van der Waals surface area contributed by atoms with Gasteiger partial charge in [-0.3, -0.25) is 14.2 Å². The fourth-order valence-corrected chi connectivity index (χ4v) is 4.31. The molecule has 1 heterocycles. The van der Waals surface area contributed by atoms with Gasteiger partial charge in [-0.25, -0.2) is 4.39 Å². The number of nitrogens with one attached hydrogen (secondary N) is 1. The summed E-state index contributed by atoms with van der Waals surface area (Å²) in [6, 6.07) is 14.1. The number of ketones is 1. The normalized spacial score (nSPS) is 11.1. The van der Waals surface area contributed by atoms with Crippen LogP contribution in [-0.4, -0.2) is 38.8 Å². The number of Topliss-reactive ketones (excluding diaryl/α,β-unsaturated/α-hetero) is 1. The van der Waals surface area contributed by atoms with E-state index in [4.69, 9.17) is 0 Å². The van der Waals surface area contributed by atoms with Crippen molar-refractivity contribution in [3.8, 4) is 5.69 Å². The van der Waals surface area contributed by atoms with E-state index >= 15 is 0 Å². The van der Waals surface area contributed by atoms with Crippen LogP contribution in [0.15, 0.2) is 53.7 Å². The number of aromatic nitrogens is 3. The van der Waals surface area contributed by atoms with E-state index in [2.05, 4.69) is 29.4 Å². The number of nitrogens with zero attached hydrogens (tertiary/aromatic N) is 3. The number of benzene rings is 2. The van der Waals surface area contributed by atoms with Crippen LogP contribution in [-0.2, 0) is 17.6 Å². The van der Waals surface area contributed by atoms with Gasteiger partial charge in [0.05, 0.1) is 11.4 Å². The van der Waals surface area contributed by atoms with Gasteiger partial charge in [-0.15, -0.1) is 10.2 Å². The van der Waals surface area contributed by atoms with Crippen molar-refractivity contribution in [3.05, 3.63) is 71.3 Å². The topological polar surface area (TPSA) is 76.9 Å². The molecule has 33 heavy (non-hydrogen) atoms. The lowest BCUT2D eigenvalue weighted by molar-refractivity contribution is -0.118. The molecule has 8 heteroatoms. The number of thioether (sulfide) groups is 1. The first-order valence-electron chi connectivity index (χ1n) is 11.0. The Kier molecular flexibility index (Phi) is 8.77. The van der Waals surface area contributed by atoms with Crippen LogP contribution < -0.4 is 5.32 Å². The van der Waals surface area contributed by atoms with Crippen molar-refractivity contribution >= 4 is 23.5 Å². The third-order valence-electron chi connectivity index (χ3n) is 5.00. The quantitative estimate of drug-likeness (QED) is 0.252. The Morgan fingerprint density at radius 2 is 1.82 bits per heavy atom. The van der Waals surface area contributed by atoms with Crippen LogP contribution in [0.3, 0.4) is 0 Å². The average molecular weight is 469 g/mol. The van der Waals surface area contributed by atoms with E-state index in [0.29, 0.717) is 47.5 Å². The molecule has 0 aliphatic rings. The van der Waals surface area contributed by atoms with Gasteiger partial charge in [-0.1, -0.05) is 62.0 Å². The van der Waals surface area contributed by atoms with Gasteiger partial charge in [0.2, 0.25) is 5.91 Å². The maximum atomic E-state index is 14.6. The number of carbonyl (C=O) groups is 2. The van der Waals surface area contributed by atoms with Gasteiger partial charge in [0.25, 0.3) is 0 Å². The van der Waals surface area contributed by atoms with Crippen molar-refractivity contribution < 1.29 is 14.0 Å². The molecular formula is C25H29FN4O2S. The Hall–Kier alpha value is -3.00.